The van der Waals surface area contributed by atoms with E-state index in [0.29, 0.717) is 17.5 Å². The maximum Gasteiger partial charge on any atom is 0.248 e. The zero-order chi connectivity index (χ0) is 15.4. The van der Waals surface area contributed by atoms with Crippen LogP contribution in [0.15, 0.2) is 18.2 Å². The SMILES string of the molecule is CCN(Cc1ccc(C(N)=O)cc1C)C1CCCC1CN. The number of rotatable bonds is 6. The van der Waals surface area contributed by atoms with Gasteiger partial charge >= 0.3 is 0 Å². The van der Waals surface area contributed by atoms with E-state index in [-0.39, 0.29) is 5.91 Å². The van der Waals surface area contributed by atoms with Crippen LogP contribution in [0.2, 0.25) is 0 Å². The van der Waals surface area contributed by atoms with Crippen LogP contribution in [0.25, 0.3) is 0 Å². The van der Waals surface area contributed by atoms with Crippen molar-refractivity contribution in [3.8, 4) is 0 Å². The third-order valence-corrected chi connectivity index (χ3v) is 4.80. The summed E-state index contributed by atoms with van der Waals surface area (Å²) in [6.07, 6.45) is 3.77. The number of hydrogen-bond acceptors (Lipinski definition) is 3. The highest BCUT2D eigenvalue weighted by Gasteiger charge is 2.30. The Hall–Kier alpha value is -1.39. The number of carbonyl (C=O) groups is 1. The van der Waals surface area contributed by atoms with Gasteiger partial charge in [-0.1, -0.05) is 19.4 Å². The van der Waals surface area contributed by atoms with Crippen molar-refractivity contribution < 1.29 is 4.79 Å². The van der Waals surface area contributed by atoms with Gasteiger partial charge < -0.3 is 11.5 Å². The van der Waals surface area contributed by atoms with Crippen molar-refractivity contribution in [2.45, 2.75) is 45.7 Å². The van der Waals surface area contributed by atoms with Crippen molar-refractivity contribution in [1.82, 2.24) is 4.90 Å². The van der Waals surface area contributed by atoms with Gasteiger partial charge in [-0.2, -0.15) is 0 Å². The molecule has 2 rings (SSSR count). The van der Waals surface area contributed by atoms with Crippen molar-refractivity contribution >= 4 is 5.91 Å². The minimum atomic E-state index is -0.365. The lowest BCUT2D eigenvalue weighted by molar-refractivity contribution is 0.1000. The Labute approximate surface area is 127 Å². The second-order valence-corrected chi connectivity index (χ2v) is 6.06. The highest BCUT2D eigenvalue weighted by Crippen LogP contribution is 2.30. The average molecular weight is 289 g/mol. The fourth-order valence-electron chi connectivity index (χ4n) is 3.48. The molecule has 4 N–H and O–H groups in total. The van der Waals surface area contributed by atoms with E-state index in [1.165, 1.54) is 24.8 Å². The summed E-state index contributed by atoms with van der Waals surface area (Å²) in [5, 5.41) is 0. The maximum absolute atomic E-state index is 11.2. The molecule has 4 heteroatoms. The van der Waals surface area contributed by atoms with Crippen LogP contribution in [0.1, 0.15) is 47.7 Å². The zero-order valence-electron chi connectivity index (χ0n) is 13.1. The molecule has 0 saturated heterocycles. The van der Waals surface area contributed by atoms with E-state index in [0.717, 1.165) is 25.2 Å². The van der Waals surface area contributed by atoms with E-state index in [4.69, 9.17) is 11.5 Å². The quantitative estimate of drug-likeness (QED) is 0.842. The minimum Gasteiger partial charge on any atom is -0.366 e. The van der Waals surface area contributed by atoms with Gasteiger partial charge in [0.1, 0.15) is 0 Å². The lowest BCUT2D eigenvalue weighted by atomic mass is 9.99. The number of amides is 1. The second-order valence-electron chi connectivity index (χ2n) is 6.06. The molecule has 0 heterocycles. The first-order chi connectivity index (χ1) is 10.1. The number of nitrogens with two attached hydrogens (primary N) is 2. The summed E-state index contributed by atoms with van der Waals surface area (Å²) >= 11 is 0. The van der Waals surface area contributed by atoms with Crippen LogP contribution < -0.4 is 11.5 Å². The minimum absolute atomic E-state index is 0.365. The zero-order valence-corrected chi connectivity index (χ0v) is 13.1. The monoisotopic (exact) mass is 289 g/mol. The third-order valence-electron chi connectivity index (χ3n) is 4.80. The van der Waals surface area contributed by atoms with Crippen molar-refractivity contribution in [1.29, 1.82) is 0 Å². The first-order valence-electron chi connectivity index (χ1n) is 7.90. The van der Waals surface area contributed by atoms with Crippen molar-refractivity contribution in [2.24, 2.45) is 17.4 Å². The normalized spacial score (nSPS) is 21.9. The number of aryl methyl sites for hydroxylation is 1. The van der Waals surface area contributed by atoms with E-state index in [2.05, 4.69) is 11.8 Å². The van der Waals surface area contributed by atoms with E-state index < -0.39 is 0 Å². The van der Waals surface area contributed by atoms with Gasteiger partial charge in [-0.3, -0.25) is 9.69 Å². The molecule has 0 radical (unpaired) electrons. The van der Waals surface area contributed by atoms with E-state index >= 15 is 0 Å². The van der Waals surface area contributed by atoms with Gasteiger partial charge in [0.15, 0.2) is 0 Å². The van der Waals surface area contributed by atoms with Crippen molar-refractivity contribution in [3.63, 3.8) is 0 Å². The largest absolute Gasteiger partial charge is 0.366 e. The summed E-state index contributed by atoms with van der Waals surface area (Å²) in [6, 6.07) is 6.34. The molecule has 1 aliphatic carbocycles. The molecular weight excluding hydrogens is 262 g/mol. The van der Waals surface area contributed by atoms with E-state index in [9.17, 15) is 4.79 Å². The Morgan fingerprint density at radius 1 is 1.38 bits per heavy atom. The number of benzene rings is 1. The highest BCUT2D eigenvalue weighted by molar-refractivity contribution is 5.93. The molecule has 1 aromatic carbocycles. The summed E-state index contributed by atoms with van der Waals surface area (Å²) in [5.74, 6) is 0.256. The lowest BCUT2D eigenvalue weighted by Gasteiger charge is -2.32. The first kappa shape index (κ1) is 16.0. The van der Waals surface area contributed by atoms with Crippen LogP contribution in [0, 0.1) is 12.8 Å². The van der Waals surface area contributed by atoms with Crippen LogP contribution in [0.4, 0.5) is 0 Å². The van der Waals surface area contributed by atoms with Gasteiger partial charge in [0.2, 0.25) is 5.91 Å². The van der Waals surface area contributed by atoms with Gasteiger partial charge in [-0.05, 0) is 62.0 Å². The predicted octanol–water partition coefficient (Wildman–Crippen LogP) is 2.04. The molecule has 21 heavy (non-hydrogen) atoms. The number of nitrogens with zero attached hydrogens (tertiary/aromatic N) is 1. The molecule has 1 fully saturated rings. The van der Waals surface area contributed by atoms with Crippen molar-refractivity contribution in [2.75, 3.05) is 13.1 Å². The summed E-state index contributed by atoms with van der Waals surface area (Å²) in [6.45, 7) is 6.98. The Bertz CT molecular complexity index is 501. The first-order valence-corrected chi connectivity index (χ1v) is 7.90. The molecule has 2 unspecified atom stereocenters. The van der Waals surface area contributed by atoms with E-state index in [1.54, 1.807) is 0 Å². The van der Waals surface area contributed by atoms with Crippen LogP contribution >= 0.6 is 0 Å². The fraction of sp³-hybridized carbons (Fsp3) is 0.588. The van der Waals surface area contributed by atoms with Gasteiger partial charge in [0, 0.05) is 18.2 Å². The topological polar surface area (TPSA) is 72.3 Å². The summed E-state index contributed by atoms with van der Waals surface area (Å²) in [4.78, 5) is 13.8. The number of primary amides is 1. The fourth-order valence-corrected chi connectivity index (χ4v) is 3.48. The van der Waals surface area contributed by atoms with Crippen LogP contribution in [0.5, 0.6) is 0 Å². The summed E-state index contributed by atoms with van der Waals surface area (Å²) in [7, 11) is 0. The molecule has 1 aromatic rings. The molecule has 0 spiro atoms. The molecule has 0 aromatic heterocycles. The molecule has 116 valence electrons. The molecule has 0 aliphatic heterocycles. The summed E-state index contributed by atoms with van der Waals surface area (Å²) < 4.78 is 0. The van der Waals surface area contributed by atoms with Gasteiger partial charge in [0.25, 0.3) is 0 Å². The van der Waals surface area contributed by atoms with Crippen molar-refractivity contribution in [3.05, 3.63) is 34.9 Å². The standard InChI is InChI=1S/C17H27N3O/c1-3-20(16-6-4-5-14(16)10-18)11-15-8-7-13(17(19)21)9-12(15)2/h7-9,14,16H,3-6,10-11,18H2,1-2H3,(H2,19,21). The molecular formula is C17H27N3O. The molecule has 1 saturated carbocycles. The molecule has 1 amide bonds. The molecule has 0 bridgehead atoms. The van der Waals surface area contributed by atoms with Crippen LogP contribution in [-0.4, -0.2) is 29.9 Å². The Kier molecular flexibility index (Phi) is 5.37. The highest BCUT2D eigenvalue weighted by atomic mass is 16.1. The predicted molar refractivity (Wildman–Crippen MR) is 86.0 cm³/mol. The number of hydrogen-bond donors (Lipinski definition) is 2. The maximum atomic E-state index is 11.2. The van der Waals surface area contributed by atoms with Gasteiger partial charge in [-0.15, -0.1) is 0 Å². The molecule has 2 atom stereocenters. The van der Waals surface area contributed by atoms with Gasteiger partial charge in [-0.25, -0.2) is 0 Å². The Balaban J connectivity index is 2.13. The number of carbonyl (C=O) groups excluding carboxylic acids is 1. The molecule has 1 aliphatic rings. The second kappa shape index (κ2) is 7.05. The third kappa shape index (κ3) is 3.63. The summed E-state index contributed by atoms with van der Waals surface area (Å²) in [5.41, 5.74) is 14.2. The molecule has 4 nitrogen and oxygen atoms in total. The lowest BCUT2D eigenvalue weighted by Crippen LogP contribution is -2.39. The average Bonchev–Trinajstić information content (AvgIpc) is 2.94. The van der Waals surface area contributed by atoms with Crippen LogP contribution in [0.3, 0.4) is 0 Å². The van der Waals surface area contributed by atoms with Crippen LogP contribution in [-0.2, 0) is 6.54 Å². The Morgan fingerprint density at radius 2 is 2.14 bits per heavy atom. The Morgan fingerprint density at radius 3 is 2.71 bits per heavy atom. The van der Waals surface area contributed by atoms with Gasteiger partial charge in [0.05, 0.1) is 0 Å². The van der Waals surface area contributed by atoms with E-state index in [1.807, 2.05) is 25.1 Å². The smallest absolute Gasteiger partial charge is 0.248 e.